The first-order valence-electron chi connectivity index (χ1n) is 12.6. The minimum absolute atomic E-state index is 0.0359. The largest absolute Gasteiger partial charge is 0.462 e. The Bertz CT molecular complexity index is 1320. The van der Waals surface area contributed by atoms with Gasteiger partial charge in [0.1, 0.15) is 10.6 Å². The lowest BCUT2D eigenvalue weighted by Crippen LogP contribution is -2.59. The molecule has 1 aliphatic carbocycles. The zero-order valence-corrected chi connectivity index (χ0v) is 22.7. The van der Waals surface area contributed by atoms with Gasteiger partial charge in [-0.2, -0.15) is 0 Å². The SMILES string of the molecule is CCOC(=O)c1c(-c2cccc([N+](=O)[O-])c2)csc1NC(=O)CCCN1C(=O)C2CCC(C)(C1=O)C2(C)C. The number of non-ortho nitro benzene ring substituents is 1. The molecule has 0 spiro atoms. The van der Waals surface area contributed by atoms with Gasteiger partial charge in [-0.15, -0.1) is 11.3 Å². The molecule has 1 saturated heterocycles. The Morgan fingerprint density at radius 2 is 2.00 bits per heavy atom. The van der Waals surface area contributed by atoms with Gasteiger partial charge in [0.2, 0.25) is 17.7 Å². The second-order valence-electron chi connectivity index (χ2n) is 10.5. The van der Waals surface area contributed by atoms with E-state index in [0.29, 0.717) is 24.0 Å². The van der Waals surface area contributed by atoms with E-state index in [2.05, 4.69) is 5.32 Å². The summed E-state index contributed by atoms with van der Waals surface area (Å²) >= 11 is 1.12. The number of nitro groups is 1. The number of hydrogen-bond acceptors (Lipinski definition) is 8. The molecule has 2 atom stereocenters. The number of rotatable bonds is 9. The molecule has 1 aliphatic heterocycles. The van der Waals surface area contributed by atoms with Crippen LogP contribution in [0.2, 0.25) is 0 Å². The number of hydrogen-bond donors (Lipinski definition) is 1. The number of carbonyl (C=O) groups is 4. The summed E-state index contributed by atoms with van der Waals surface area (Å²) in [4.78, 5) is 63.8. The number of fused-ring (bicyclic) bond motifs is 2. The molecule has 1 aromatic carbocycles. The van der Waals surface area contributed by atoms with Crippen LogP contribution < -0.4 is 5.32 Å². The molecule has 2 bridgehead atoms. The second kappa shape index (κ2) is 10.3. The van der Waals surface area contributed by atoms with Crippen molar-refractivity contribution in [2.24, 2.45) is 16.7 Å². The van der Waals surface area contributed by atoms with Gasteiger partial charge in [0.15, 0.2) is 0 Å². The molecule has 202 valence electrons. The van der Waals surface area contributed by atoms with E-state index in [4.69, 9.17) is 4.74 Å². The summed E-state index contributed by atoms with van der Waals surface area (Å²) in [5.41, 5.74) is -0.118. The number of esters is 1. The summed E-state index contributed by atoms with van der Waals surface area (Å²) < 4.78 is 5.19. The fourth-order valence-electron chi connectivity index (χ4n) is 5.56. The smallest absolute Gasteiger partial charge is 0.341 e. The van der Waals surface area contributed by atoms with Gasteiger partial charge >= 0.3 is 5.97 Å². The number of piperidine rings is 1. The summed E-state index contributed by atoms with van der Waals surface area (Å²) in [6.45, 7) is 7.82. The van der Waals surface area contributed by atoms with E-state index in [0.717, 1.165) is 11.3 Å². The first kappa shape index (κ1) is 27.4. The Morgan fingerprint density at radius 3 is 2.68 bits per heavy atom. The van der Waals surface area contributed by atoms with Crippen LogP contribution in [0, 0.1) is 26.9 Å². The number of imide groups is 1. The molecule has 11 heteroatoms. The molecule has 1 aromatic heterocycles. The number of benzene rings is 1. The first-order chi connectivity index (χ1) is 17.9. The molecular weight excluding hydrogens is 510 g/mol. The summed E-state index contributed by atoms with van der Waals surface area (Å²) in [5, 5.41) is 15.9. The molecule has 3 amide bonds. The van der Waals surface area contributed by atoms with Crippen molar-refractivity contribution in [3.63, 3.8) is 0 Å². The molecule has 4 rings (SSSR count). The van der Waals surface area contributed by atoms with Crippen LogP contribution in [0.1, 0.15) is 63.7 Å². The lowest BCUT2D eigenvalue weighted by molar-refractivity contribution is -0.384. The third-order valence-corrected chi connectivity index (χ3v) is 9.08. The summed E-state index contributed by atoms with van der Waals surface area (Å²) in [6, 6.07) is 5.88. The molecule has 10 nitrogen and oxygen atoms in total. The van der Waals surface area contributed by atoms with Crippen LogP contribution in [0.4, 0.5) is 10.7 Å². The lowest BCUT2D eigenvalue weighted by atomic mass is 9.62. The maximum Gasteiger partial charge on any atom is 0.341 e. The average molecular weight is 542 g/mol. The predicted molar refractivity (Wildman–Crippen MR) is 142 cm³/mol. The Balaban J connectivity index is 1.46. The third kappa shape index (κ3) is 4.59. The van der Waals surface area contributed by atoms with Crippen LogP contribution in [0.3, 0.4) is 0 Å². The molecule has 2 heterocycles. The third-order valence-electron chi connectivity index (χ3n) is 8.18. The van der Waals surface area contributed by atoms with Gasteiger partial charge in [-0.1, -0.05) is 32.9 Å². The van der Waals surface area contributed by atoms with Crippen molar-refractivity contribution >= 4 is 45.7 Å². The zero-order chi connectivity index (χ0) is 27.8. The molecule has 2 aliphatic rings. The van der Waals surface area contributed by atoms with Crippen molar-refractivity contribution in [1.29, 1.82) is 0 Å². The van der Waals surface area contributed by atoms with Crippen molar-refractivity contribution in [3.8, 4) is 11.1 Å². The van der Waals surface area contributed by atoms with Crippen LogP contribution in [-0.2, 0) is 19.1 Å². The van der Waals surface area contributed by atoms with Crippen LogP contribution in [0.15, 0.2) is 29.6 Å². The molecule has 2 fully saturated rings. The highest BCUT2D eigenvalue weighted by atomic mass is 32.1. The molecule has 1 N–H and O–H groups in total. The van der Waals surface area contributed by atoms with Gasteiger partial charge in [-0.05, 0) is 37.2 Å². The Morgan fingerprint density at radius 1 is 1.26 bits per heavy atom. The van der Waals surface area contributed by atoms with E-state index in [9.17, 15) is 29.3 Å². The fraction of sp³-hybridized carbons (Fsp3) is 0.481. The monoisotopic (exact) mass is 541 g/mol. The number of amides is 3. The molecular formula is C27H31N3O7S. The van der Waals surface area contributed by atoms with E-state index in [-0.39, 0.29) is 65.9 Å². The Hall–Kier alpha value is -3.60. The molecule has 2 aromatic rings. The van der Waals surface area contributed by atoms with Crippen LogP contribution in [-0.4, -0.2) is 46.7 Å². The Labute approximate surface area is 224 Å². The van der Waals surface area contributed by atoms with Crippen molar-refractivity contribution in [3.05, 3.63) is 45.3 Å². The van der Waals surface area contributed by atoms with E-state index in [1.165, 1.54) is 23.1 Å². The van der Waals surface area contributed by atoms with Crippen molar-refractivity contribution in [2.75, 3.05) is 18.5 Å². The number of anilines is 1. The maximum atomic E-state index is 13.2. The highest BCUT2D eigenvalue weighted by molar-refractivity contribution is 7.15. The summed E-state index contributed by atoms with van der Waals surface area (Å²) in [5.74, 6) is -1.58. The minimum atomic E-state index is -0.651. The number of nitrogens with zero attached hydrogens (tertiary/aromatic N) is 2. The van der Waals surface area contributed by atoms with E-state index < -0.39 is 21.7 Å². The van der Waals surface area contributed by atoms with Crippen LogP contribution in [0.5, 0.6) is 0 Å². The number of nitro benzene ring substituents is 1. The predicted octanol–water partition coefficient (Wildman–Crippen LogP) is 5.03. The summed E-state index contributed by atoms with van der Waals surface area (Å²) in [7, 11) is 0. The quantitative estimate of drug-likeness (QED) is 0.203. The molecule has 0 radical (unpaired) electrons. The topological polar surface area (TPSA) is 136 Å². The van der Waals surface area contributed by atoms with E-state index in [1.54, 1.807) is 18.4 Å². The first-order valence-corrected chi connectivity index (χ1v) is 13.5. The molecule has 38 heavy (non-hydrogen) atoms. The normalized spacial score (nSPS) is 21.9. The Kier molecular flexibility index (Phi) is 7.42. The van der Waals surface area contributed by atoms with Crippen LogP contribution >= 0.6 is 11.3 Å². The minimum Gasteiger partial charge on any atom is -0.462 e. The highest BCUT2D eigenvalue weighted by Gasteiger charge is 2.64. The lowest BCUT2D eigenvalue weighted by Gasteiger charge is -2.47. The van der Waals surface area contributed by atoms with Gasteiger partial charge in [-0.3, -0.25) is 29.4 Å². The zero-order valence-electron chi connectivity index (χ0n) is 21.9. The maximum absolute atomic E-state index is 13.2. The average Bonchev–Trinajstić information content (AvgIpc) is 3.36. The van der Waals surface area contributed by atoms with Crippen molar-refractivity contribution in [1.82, 2.24) is 4.90 Å². The number of nitrogens with one attached hydrogen (secondary N) is 1. The number of carbonyl (C=O) groups excluding carboxylic acids is 4. The molecule has 2 unspecified atom stereocenters. The number of likely N-dealkylation sites (tertiary alicyclic amines) is 1. The van der Waals surface area contributed by atoms with Gasteiger partial charge in [0, 0.05) is 42.0 Å². The van der Waals surface area contributed by atoms with Crippen molar-refractivity contribution in [2.45, 2.75) is 53.4 Å². The van der Waals surface area contributed by atoms with E-state index >= 15 is 0 Å². The molecule has 1 saturated carbocycles. The van der Waals surface area contributed by atoms with Gasteiger partial charge < -0.3 is 10.1 Å². The van der Waals surface area contributed by atoms with Crippen LogP contribution in [0.25, 0.3) is 11.1 Å². The second-order valence-corrected chi connectivity index (χ2v) is 11.4. The van der Waals surface area contributed by atoms with Gasteiger partial charge in [0.25, 0.3) is 5.69 Å². The number of ether oxygens (including phenoxy) is 1. The number of thiophene rings is 1. The van der Waals surface area contributed by atoms with E-state index in [1.807, 2.05) is 20.8 Å². The van der Waals surface area contributed by atoms with Crippen molar-refractivity contribution < 1.29 is 28.8 Å². The highest BCUT2D eigenvalue weighted by Crippen LogP contribution is 2.60. The standard InChI is InChI=1S/C27H31N3O7S/c1-5-37-24(33)21-18(16-8-6-9-17(14-16)30(35)36)15-38-22(21)28-20(31)10-7-13-29-23(32)19-11-12-27(4,25(29)34)26(19,2)3/h6,8-9,14-15,19H,5,7,10-13H2,1-4H3,(H,28,31). The fourth-order valence-corrected chi connectivity index (χ4v) is 6.53. The van der Waals surface area contributed by atoms with Gasteiger partial charge in [-0.25, -0.2) is 4.79 Å². The summed E-state index contributed by atoms with van der Waals surface area (Å²) in [6.07, 6.45) is 1.68. The van der Waals surface area contributed by atoms with Gasteiger partial charge in [0.05, 0.1) is 16.9 Å².